The molecule has 2 aromatic rings. The predicted octanol–water partition coefficient (Wildman–Crippen LogP) is 2.76. The highest BCUT2D eigenvalue weighted by Crippen LogP contribution is 2.30. The van der Waals surface area contributed by atoms with Crippen LogP contribution in [0.15, 0.2) is 42.5 Å². The third kappa shape index (κ3) is 5.56. The van der Waals surface area contributed by atoms with E-state index < -0.39 is 12.4 Å². The smallest absolute Gasteiger partial charge is 0.254 e. The Morgan fingerprint density at radius 2 is 1.93 bits per heavy atom. The van der Waals surface area contributed by atoms with Crippen molar-refractivity contribution < 1.29 is 19.4 Å². The summed E-state index contributed by atoms with van der Waals surface area (Å²) in [5.74, 6) is 0.183. The highest BCUT2D eigenvalue weighted by molar-refractivity contribution is 6.31. The van der Waals surface area contributed by atoms with Crippen molar-refractivity contribution in [2.75, 3.05) is 26.3 Å². The van der Waals surface area contributed by atoms with E-state index in [9.17, 15) is 9.59 Å². The van der Waals surface area contributed by atoms with Gasteiger partial charge in [0.15, 0.2) is 5.78 Å². The zero-order chi connectivity index (χ0) is 20.8. The number of carbonyl (C=O) groups is 2. The molecule has 3 N–H and O–H groups in total. The van der Waals surface area contributed by atoms with Gasteiger partial charge in [-0.15, -0.1) is 0 Å². The molecule has 3 rings (SSSR count). The Labute approximate surface area is 175 Å². The van der Waals surface area contributed by atoms with Gasteiger partial charge < -0.3 is 20.5 Å². The van der Waals surface area contributed by atoms with Crippen molar-refractivity contribution in [2.24, 2.45) is 5.73 Å². The van der Waals surface area contributed by atoms with Crippen molar-refractivity contribution in [3.05, 3.63) is 64.2 Å². The summed E-state index contributed by atoms with van der Waals surface area (Å²) in [6.07, 6.45) is 1.77. The van der Waals surface area contributed by atoms with Crippen molar-refractivity contribution in [3.8, 4) is 5.75 Å². The normalized spacial score (nSPS) is 14.7. The predicted molar refractivity (Wildman–Crippen MR) is 111 cm³/mol. The first-order chi connectivity index (χ1) is 14.0. The van der Waals surface area contributed by atoms with Gasteiger partial charge in [-0.3, -0.25) is 9.59 Å². The van der Waals surface area contributed by atoms with E-state index in [2.05, 4.69) is 12.1 Å². The first kappa shape index (κ1) is 21.3. The average molecular weight is 417 g/mol. The Balaban J connectivity index is 1.64. The Bertz CT molecular complexity index is 879. The van der Waals surface area contributed by atoms with E-state index in [1.54, 1.807) is 18.2 Å². The molecule has 0 bridgehead atoms. The van der Waals surface area contributed by atoms with Gasteiger partial charge in [-0.2, -0.15) is 0 Å². The molecule has 0 unspecified atom stereocenters. The number of carbonyl (C=O) groups excluding carboxylic acids is 2. The van der Waals surface area contributed by atoms with E-state index in [1.807, 2.05) is 17.0 Å². The maximum absolute atomic E-state index is 12.9. The van der Waals surface area contributed by atoms with Crippen LogP contribution in [0.25, 0.3) is 0 Å². The molecule has 1 aliphatic rings. The number of nitrogens with two attached hydrogens (primary N) is 1. The summed E-state index contributed by atoms with van der Waals surface area (Å²) < 4.78 is 5.34. The summed E-state index contributed by atoms with van der Waals surface area (Å²) in [5.41, 5.74) is 8.55. The van der Waals surface area contributed by atoms with E-state index in [1.165, 1.54) is 5.56 Å². The van der Waals surface area contributed by atoms with Gasteiger partial charge in [0.25, 0.3) is 5.91 Å². The van der Waals surface area contributed by atoms with E-state index in [0.717, 1.165) is 18.4 Å². The number of aliphatic hydroxyl groups excluding tert-OH is 1. The number of amides is 1. The maximum atomic E-state index is 12.9. The van der Waals surface area contributed by atoms with Gasteiger partial charge in [0, 0.05) is 30.2 Å². The third-order valence-electron chi connectivity index (χ3n) is 5.13. The summed E-state index contributed by atoms with van der Waals surface area (Å²) in [7, 11) is 0. The quantitative estimate of drug-likeness (QED) is 0.724. The van der Waals surface area contributed by atoms with Crippen LogP contribution in [0.2, 0.25) is 5.02 Å². The molecule has 154 valence electrons. The number of aliphatic hydroxyl groups is 1. The zero-order valence-corrected chi connectivity index (χ0v) is 16.9. The molecule has 6 nitrogen and oxygen atoms in total. The summed E-state index contributed by atoms with van der Waals surface area (Å²) in [4.78, 5) is 26.0. The van der Waals surface area contributed by atoms with Crippen LogP contribution in [0.5, 0.6) is 5.75 Å². The van der Waals surface area contributed by atoms with Crippen molar-refractivity contribution in [3.63, 3.8) is 0 Å². The molecule has 0 aliphatic carbocycles. The van der Waals surface area contributed by atoms with Gasteiger partial charge in [0.05, 0.1) is 0 Å². The fourth-order valence-corrected chi connectivity index (χ4v) is 3.78. The summed E-state index contributed by atoms with van der Waals surface area (Å²) in [5, 5.41) is 9.15. The van der Waals surface area contributed by atoms with Gasteiger partial charge >= 0.3 is 0 Å². The molecular formula is C22H25ClN2O4. The summed E-state index contributed by atoms with van der Waals surface area (Å²) in [6, 6.07) is 13.0. The molecule has 7 heteroatoms. The van der Waals surface area contributed by atoms with Crippen LogP contribution in [0.3, 0.4) is 0 Å². The number of benzene rings is 2. The molecule has 2 aromatic carbocycles. The van der Waals surface area contributed by atoms with E-state index in [-0.39, 0.29) is 12.5 Å². The van der Waals surface area contributed by atoms with Crippen molar-refractivity contribution >= 4 is 23.3 Å². The summed E-state index contributed by atoms with van der Waals surface area (Å²) >= 11 is 6.12. The minimum Gasteiger partial charge on any atom is -0.486 e. The molecule has 0 aromatic heterocycles. The first-order valence-corrected chi connectivity index (χ1v) is 10.0. The van der Waals surface area contributed by atoms with E-state index in [0.29, 0.717) is 41.9 Å². The van der Waals surface area contributed by atoms with Gasteiger partial charge in [0.2, 0.25) is 0 Å². The van der Waals surface area contributed by atoms with Gasteiger partial charge in [-0.05, 0) is 48.1 Å². The Hall–Kier alpha value is -2.41. The van der Waals surface area contributed by atoms with Crippen LogP contribution in [0, 0.1) is 0 Å². The molecule has 1 aliphatic heterocycles. The number of ketones is 1. The Morgan fingerprint density at radius 1 is 1.17 bits per heavy atom. The second-order valence-electron chi connectivity index (χ2n) is 7.18. The molecule has 1 amide bonds. The summed E-state index contributed by atoms with van der Waals surface area (Å²) in [6.45, 7) is 0.978. The molecule has 1 heterocycles. The fourth-order valence-electron chi connectivity index (χ4n) is 3.55. The molecule has 1 fully saturated rings. The number of halogens is 1. The first-order valence-electron chi connectivity index (χ1n) is 9.64. The highest BCUT2D eigenvalue weighted by atomic mass is 35.5. The Morgan fingerprint density at radius 3 is 2.62 bits per heavy atom. The van der Waals surface area contributed by atoms with E-state index >= 15 is 0 Å². The van der Waals surface area contributed by atoms with Crippen LogP contribution < -0.4 is 10.5 Å². The molecular weight excluding hydrogens is 392 g/mol. The number of piperidine rings is 1. The number of hydrogen-bond donors (Lipinski definition) is 2. The van der Waals surface area contributed by atoms with Crippen LogP contribution in [0.1, 0.15) is 40.2 Å². The van der Waals surface area contributed by atoms with E-state index in [4.69, 9.17) is 27.2 Å². The van der Waals surface area contributed by atoms with Crippen molar-refractivity contribution in [1.82, 2.24) is 4.90 Å². The minimum absolute atomic E-state index is 0.111. The van der Waals surface area contributed by atoms with Crippen LogP contribution in [0.4, 0.5) is 0 Å². The number of hydrogen-bond acceptors (Lipinski definition) is 5. The van der Waals surface area contributed by atoms with Gasteiger partial charge in [-0.1, -0.05) is 35.9 Å². The average Bonchev–Trinajstić information content (AvgIpc) is 2.76. The minimum atomic E-state index is -0.588. The molecule has 0 saturated carbocycles. The van der Waals surface area contributed by atoms with Gasteiger partial charge in [-0.25, -0.2) is 0 Å². The van der Waals surface area contributed by atoms with Gasteiger partial charge in [0.1, 0.15) is 19.0 Å². The fraction of sp³-hybridized carbons (Fsp3) is 0.364. The van der Waals surface area contributed by atoms with Crippen molar-refractivity contribution in [2.45, 2.75) is 25.3 Å². The number of Topliss-reactive ketones (excluding diaryl/α,β-unsaturated/α-hetero) is 1. The molecule has 29 heavy (non-hydrogen) atoms. The molecule has 0 spiro atoms. The van der Waals surface area contributed by atoms with Crippen LogP contribution in [-0.4, -0.2) is 48.0 Å². The molecule has 1 saturated heterocycles. The lowest BCUT2D eigenvalue weighted by Gasteiger charge is -2.32. The number of nitrogens with zero attached hydrogens (tertiary/aromatic N) is 1. The van der Waals surface area contributed by atoms with Crippen molar-refractivity contribution in [1.29, 1.82) is 0 Å². The van der Waals surface area contributed by atoms with Crippen LogP contribution >= 0.6 is 11.6 Å². The molecule has 0 radical (unpaired) electrons. The van der Waals surface area contributed by atoms with Crippen LogP contribution in [-0.2, 0) is 11.3 Å². The number of likely N-dealkylation sites (tertiary alicyclic amines) is 1. The second kappa shape index (κ2) is 9.87. The SMILES string of the molecule is NCc1cccc(C2CCN(C(=O)c3cc(Cl)cc(OCC(=O)CO)c3)CC2)c1. The maximum Gasteiger partial charge on any atom is 0.254 e. The third-order valence-corrected chi connectivity index (χ3v) is 5.35. The Kier molecular flexibility index (Phi) is 7.25. The lowest BCUT2D eigenvalue weighted by molar-refractivity contribution is -0.123. The second-order valence-corrected chi connectivity index (χ2v) is 7.61. The highest BCUT2D eigenvalue weighted by Gasteiger charge is 2.25. The largest absolute Gasteiger partial charge is 0.486 e. The molecule has 0 atom stereocenters. The standard InChI is InChI=1S/C22H25ClN2O4/c23-19-9-18(10-21(11-19)29-14-20(27)13-26)22(28)25-6-4-16(5-7-25)17-3-1-2-15(8-17)12-24/h1-3,8-11,16,26H,4-7,12-14,24H2. The number of ether oxygens (including phenoxy) is 1. The lowest BCUT2D eigenvalue weighted by atomic mass is 9.88. The lowest BCUT2D eigenvalue weighted by Crippen LogP contribution is -2.38. The monoisotopic (exact) mass is 416 g/mol. The number of rotatable bonds is 7. The zero-order valence-electron chi connectivity index (χ0n) is 16.1. The topological polar surface area (TPSA) is 92.9 Å².